The first kappa shape index (κ1) is 18.6. The third-order valence-electron chi connectivity index (χ3n) is 3.79. The van der Waals surface area contributed by atoms with Gasteiger partial charge in [-0.15, -0.1) is 0 Å². The summed E-state index contributed by atoms with van der Waals surface area (Å²) in [5.74, 6) is 1.45. The molecule has 1 heterocycles. The summed E-state index contributed by atoms with van der Waals surface area (Å²) in [7, 11) is 3.34. The maximum Gasteiger partial charge on any atom is 0.317 e. The lowest BCUT2D eigenvalue weighted by Crippen LogP contribution is -2.37. The van der Waals surface area contributed by atoms with E-state index >= 15 is 0 Å². The lowest BCUT2D eigenvalue weighted by molar-refractivity contribution is 0.203. The summed E-state index contributed by atoms with van der Waals surface area (Å²) in [6.45, 7) is 3.65. The lowest BCUT2D eigenvalue weighted by Gasteiger charge is -2.18. The minimum Gasteiger partial charge on any atom is -0.493 e. The predicted octanol–water partition coefficient (Wildman–Crippen LogP) is 3.01. The molecular formula is C19H25N3O3. The van der Waals surface area contributed by atoms with Gasteiger partial charge in [-0.25, -0.2) is 9.78 Å². The molecule has 2 rings (SSSR count). The Morgan fingerprint density at radius 2 is 2.04 bits per heavy atom. The van der Waals surface area contributed by atoms with E-state index in [0.29, 0.717) is 25.6 Å². The highest BCUT2D eigenvalue weighted by molar-refractivity contribution is 5.73. The van der Waals surface area contributed by atoms with E-state index in [0.717, 1.165) is 23.3 Å². The summed E-state index contributed by atoms with van der Waals surface area (Å²) in [5, 5.41) is 2.87. The van der Waals surface area contributed by atoms with E-state index < -0.39 is 0 Å². The highest BCUT2D eigenvalue weighted by atomic mass is 16.5. The summed E-state index contributed by atoms with van der Waals surface area (Å²) >= 11 is 0. The average molecular weight is 343 g/mol. The van der Waals surface area contributed by atoms with Crippen LogP contribution in [0.4, 0.5) is 4.79 Å². The number of hydrogen-bond acceptors (Lipinski definition) is 4. The molecular weight excluding hydrogens is 318 g/mol. The second-order valence-electron chi connectivity index (χ2n) is 5.76. The summed E-state index contributed by atoms with van der Waals surface area (Å²) in [6.07, 6.45) is 2.46. The van der Waals surface area contributed by atoms with Crippen molar-refractivity contribution in [3.63, 3.8) is 0 Å². The van der Waals surface area contributed by atoms with Crippen LogP contribution in [0.25, 0.3) is 0 Å². The molecule has 0 saturated carbocycles. The molecule has 0 saturated heterocycles. The molecule has 6 heteroatoms. The minimum atomic E-state index is -0.119. The molecule has 2 amide bonds. The molecule has 0 aliphatic heterocycles. The summed E-state index contributed by atoms with van der Waals surface area (Å²) in [4.78, 5) is 17.9. The number of aryl methyl sites for hydroxylation is 1. The number of urea groups is 1. The number of carbonyl (C=O) groups excluding carboxylic acids is 1. The molecule has 134 valence electrons. The Bertz CT molecular complexity index is 674. The quantitative estimate of drug-likeness (QED) is 0.749. The molecule has 6 nitrogen and oxygen atoms in total. The molecule has 0 radical (unpaired) electrons. The van der Waals surface area contributed by atoms with Crippen LogP contribution < -0.4 is 14.8 Å². The molecule has 1 N–H and O–H groups in total. The molecule has 0 aliphatic rings. The van der Waals surface area contributed by atoms with Crippen LogP contribution in [0.3, 0.4) is 0 Å². The largest absolute Gasteiger partial charge is 0.493 e. The van der Waals surface area contributed by atoms with Crippen LogP contribution >= 0.6 is 0 Å². The molecule has 1 aromatic heterocycles. The number of methoxy groups -OCH3 is 1. The van der Waals surface area contributed by atoms with Gasteiger partial charge in [0.2, 0.25) is 5.88 Å². The van der Waals surface area contributed by atoms with E-state index in [2.05, 4.69) is 10.3 Å². The van der Waals surface area contributed by atoms with Gasteiger partial charge in [0.25, 0.3) is 0 Å². The number of amides is 2. The van der Waals surface area contributed by atoms with Crippen molar-refractivity contribution in [3.8, 4) is 11.6 Å². The molecule has 0 bridgehead atoms. The van der Waals surface area contributed by atoms with E-state index in [-0.39, 0.29) is 6.03 Å². The number of pyridine rings is 1. The van der Waals surface area contributed by atoms with Crippen molar-refractivity contribution >= 4 is 6.03 Å². The van der Waals surface area contributed by atoms with Gasteiger partial charge in [-0.05, 0) is 30.5 Å². The fourth-order valence-electron chi connectivity index (χ4n) is 2.25. The van der Waals surface area contributed by atoms with Gasteiger partial charge in [-0.1, -0.05) is 24.3 Å². The third-order valence-corrected chi connectivity index (χ3v) is 3.79. The maximum atomic E-state index is 12.1. The highest BCUT2D eigenvalue weighted by Crippen LogP contribution is 2.16. The second-order valence-corrected chi connectivity index (χ2v) is 5.76. The summed E-state index contributed by atoms with van der Waals surface area (Å²) in [5.41, 5.74) is 2.03. The molecule has 0 unspecified atom stereocenters. The van der Waals surface area contributed by atoms with Crippen LogP contribution in [0.5, 0.6) is 11.6 Å². The number of ether oxygens (including phenoxy) is 2. The first-order valence-electron chi connectivity index (χ1n) is 8.26. The van der Waals surface area contributed by atoms with Gasteiger partial charge >= 0.3 is 6.03 Å². The van der Waals surface area contributed by atoms with E-state index in [1.54, 1.807) is 31.3 Å². The summed E-state index contributed by atoms with van der Waals surface area (Å²) < 4.78 is 10.7. The van der Waals surface area contributed by atoms with Crippen LogP contribution in [-0.4, -0.2) is 43.2 Å². The Morgan fingerprint density at radius 1 is 1.24 bits per heavy atom. The SMILES string of the molecule is COc1ccc(CNC(=O)N(C)CCCOc2ccccc2C)cn1. The van der Waals surface area contributed by atoms with E-state index in [1.165, 1.54) is 0 Å². The van der Waals surface area contributed by atoms with Gasteiger partial charge in [0.1, 0.15) is 5.75 Å². The lowest BCUT2D eigenvalue weighted by atomic mass is 10.2. The first-order chi connectivity index (χ1) is 12.1. The predicted molar refractivity (Wildman–Crippen MR) is 96.9 cm³/mol. The Labute approximate surface area is 148 Å². The van der Waals surface area contributed by atoms with E-state index in [9.17, 15) is 4.79 Å². The van der Waals surface area contributed by atoms with Crippen molar-refractivity contribution in [2.75, 3.05) is 27.3 Å². The number of nitrogens with zero attached hydrogens (tertiary/aromatic N) is 2. The van der Waals surface area contributed by atoms with Crippen LogP contribution in [0, 0.1) is 6.92 Å². The number of carbonyl (C=O) groups is 1. The highest BCUT2D eigenvalue weighted by Gasteiger charge is 2.08. The van der Waals surface area contributed by atoms with Crippen molar-refractivity contribution in [1.82, 2.24) is 15.2 Å². The van der Waals surface area contributed by atoms with Crippen molar-refractivity contribution in [1.29, 1.82) is 0 Å². The number of rotatable bonds is 8. The molecule has 1 aromatic carbocycles. The number of nitrogens with one attached hydrogen (secondary N) is 1. The van der Waals surface area contributed by atoms with Crippen LogP contribution in [0.2, 0.25) is 0 Å². The molecule has 0 fully saturated rings. The molecule has 0 aliphatic carbocycles. The van der Waals surface area contributed by atoms with Gasteiger partial charge < -0.3 is 19.7 Å². The van der Waals surface area contributed by atoms with E-state index in [1.807, 2.05) is 37.3 Å². The van der Waals surface area contributed by atoms with E-state index in [4.69, 9.17) is 9.47 Å². The third kappa shape index (κ3) is 5.99. The van der Waals surface area contributed by atoms with Gasteiger partial charge in [0, 0.05) is 32.4 Å². The Morgan fingerprint density at radius 3 is 2.72 bits per heavy atom. The van der Waals surface area contributed by atoms with Gasteiger partial charge in [-0.2, -0.15) is 0 Å². The molecule has 25 heavy (non-hydrogen) atoms. The smallest absolute Gasteiger partial charge is 0.317 e. The zero-order valence-electron chi connectivity index (χ0n) is 15.0. The van der Waals surface area contributed by atoms with Gasteiger partial charge in [0.05, 0.1) is 13.7 Å². The van der Waals surface area contributed by atoms with Gasteiger partial charge in [-0.3, -0.25) is 0 Å². The van der Waals surface area contributed by atoms with Crippen LogP contribution in [-0.2, 0) is 6.54 Å². The molecule has 2 aromatic rings. The average Bonchev–Trinajstić information content (AvgIpc) is 2.64. The number of benzene rings is 1. The van der Waals surface area contributed by atoms with Gasteiger partial charge in [0.15, 0.2) is 0 Å². The normalized spacial score (nSPS) is 10.2. The Hall–Kier alpha value is -2.76. The van der Waals surface area contributed by atoms with Crippen LogP contribution in [0.15, 0.2) is 42.6 Å². The summed E-state index contributed by atoms with van der Waals surface area (Å²) in [6, 6.07) is 11.4. The Kier molecular flexibility index (Phi) is 7.07. The molecule has 0 spiro atoms. The topological polar surface area (TPSA) is 63.7 Å². The number of aromatic nitrogens is 1. The first-order valence-corrected chi connectivity index (χ1v) is 8.26. The fraction of sp³-hybridized carbons (Fsp3) is 0.368. The van der Waals surface area contributed by atoms with Crippen molar-refractivity contribution < 1.29 is 14.3 Å². The maximum absolute atomic E-state index is 12.1. The molecule has 0 atom stereocenters. The fourth-order valence-corrected chi connectivity index (χ4v) is 2.25. The van der Waals surface area contributed by atoms with Crippen molar-refractivity contribution in [2.24, 2.45) is 0 Å². The zero-order valence-corrected chi connectivity index (χ0v) is 15.0. The van der Waals surface area contributed by atoms with Crippen molar-refractivity contribution in [3.05, 3.63) is 53.7 Å². The van der Waals surface area contributed by atoms with Crippen molar-refractivity contribution in [2.45, 2.75) is 19.9 Å². The standard InChI is InChI=1S/C19H25N3O3/c1-15-7-4-5-8-17(15)25-12-6-11-22(2)19(23)21-14-16-9-10-18(24-3)20-13-16/h4-5,7-10,13H,6,11-12,14H2,1-3H3,(H,21,23). The second kappa shape index (κ2) is 9.52. The van der Waals surface area contributed by atoms with Crippen LogP contribution in [0.1, 0.15) is 17.5 Å². The number of para-hydroxylation sites is 1. The Balaban J connectivity index is 1.66. The minimum absolute atomic E-state index is 0.119. The number of hydrogen-bond donors (Lipinski definition) is 1. The monoisotopic (exact) mass is 343 g/mol. The zero-order chi connectivity index (χ0) is 18.1.